The van der Waals surface area contributed by atoms with Gasteiger partial charge in [-0.05, 0) is 60.4 Å². The fourth-order valence-electron chi connectivity index (χ4n) is 6.26. The summed E-state index contributed by atoms with van der Waals surface area (Å²) in [6.45, 7) is 8.59. The molecule has 1 heterocycles. The van der Waals surface area contributed by atoms with Gasteiger partial charge in [-0.3, -0.25) is 0 Å². The predicted octanol–water partition coefficient (Wildman–Crippen LogP) is 11.4. The quantitative estimate of drug-likeness (QED) is 0.133. The summed E-state index contributed by atoms with van der Waals surface area (Å²) >= 11 is 0. The van der Waals surface area contributed by atoms with Gasteiger partial charge in [-0.1, -0.05) is 118 Å². The van der Waals surface area contributed by atoms with E-state index in [4.69, 9.17) is 10.3 Å². The van der Waals surface area contributed by atoms with Crippen LogP contribution in [0.25, 0.3) is 27.5 Å². The molecule has 0 saturated heterocycles. The first-order valence-electron chi connectivity index (χ1n) is 15.1. The third-order valence-electron chi connectivity index (χ3n) is 8.38. The number of para-hydroxylation sites is 3. The van der Waals surface area contributed by atoms with Gasteiger partial charge in [0.15, 0.2) is 0 Å². The fraction of sp³-hybridized carbons (Fsp3) is 0.250. The summed E-state index contributed by atoms with van der Waals surface area (Å²) in [5, 5.41) is 9.47. The number of hydrogen-bond acceptors (Lipinski definition) is 3. The van der Waals surface area contributed by atoms with Crippen molar-refractivity contribution in [3.8, 4) is 11.3 Å². The van der Waals surface area contributed by atoms with Crippen molar-refractivity contribution in [1.82, 2.24) is 4.98 Å². The number of amides is 1. The Morgan fingerprint density at radius 1 is 0.800 bits per heavy atom. The van der Waals surface area contributed by atoms with E-state index in [1.54, 1.807) is 0 Å². The number of hydrogen-bond donors (Lipinski definition) is 1. The third kappa shape index (κ3) is 7.47. The van der Waals surface area contributed by atoms with Crippen molar-refractivity contribution in [2.45, 2.75) is 64.8 Å². The standard InChI is InChI=1S/C38H39N3O.2CH3.Hf/c1-24(2)29-17-11-18-30(25(3)4)37(29)41-38(42)32-20-9-14-27-22-23-33(40-36(27)32)31-19-8-12-26-13-10-21-34(35(26)31)39-28-15-6-5-7-16-28;;;/h5-9,11-12,14-20,22-25,34,39H,10,13,21H2,1-4H3,(H,41,42);2*1H3;/q;2*-1;/p-1/t34-;;;/m0.../s1. The summed E-state index contributed by atoms with van der Waals surface area (Å²) in [5.74, 6) is 0.266. The average molecular weight is 761 g/mol. The monoisotopic (exact) mass is 762 g/mol. The van der Waals surface area contributed by atoms with Crippen LogP contribution in [0, 0.1) is 14.9 Å². The number of carbonyl (C=O) groups excluding carboxylic acids is 1. The summed E-state index contributed by atoms with van der Waals surface area (Å²) in [6, 6.07) is 33.4. The van der Waals surface area contributed by atoms with Crippen LogP contribution in [0.5, 0.6) is 0 Å². The van der Waals surface area contributed by atoms with Crippen LogP contribution in [-0.4, -0.2) is 10.9 Å². The zero-order valence-electron chi connectivity index (χ0n) is 27.4. The van der Waals surface area contributed by atoms with E-state index in [0.29, 0.717) is 11.1 Å². The molecule has 1 amide bonds. The van der Waals surface area contributed by atoms with Gasteiger partial charge in [-0.2, -0.15) is 0 Å². The van der Waals surface area contributed by atoms with E-state index >= 15 is 0 Å². The number of aromatic nitrogens is 1. The fourth-order valence-corrected chi connectivity index (χ4v) is 6.26. The van der Waals surface area contributed by atoms with Crippen molar-refractivity contribution in [3.05, 3.63) is 145 Å². The second-order valence-corrected chi connectivity index (χ2v) is 11.9. The Morgan fingerprint density at radius 2 is 1.47 bits per heavy atom. The molecule has 0 spiro atoms. The molecular weight excluding hydrogens is 717 g/mol. The molecule has 0 radical (unpaired) electrons. The molecule has 232 valence electrons. The number of fused-ring (bicyclic) bond motifs is 2. The van der Waals surface area contributed by atoms with E-state index in [1.807, 2.05) is 24.3 Å². The first-order valence-corrected chi connectivity index (χ1v) is 15.1. The number of nitrogens with one attached hydrogen (secondary N) is 1. The Hall–Kier alpha value is -3.57. The van der Waals surface area contributed by atoms with E-state index in [2.05, 4.69) is 106 Å². The van der Waals surface area contributed by atoms with Gasteiger partial charge in [0.2, 0.25) is 0 Å². The molecule has 5 heteroatoms. The first kappa shape index (κ1) is 35.9. The van der Waals surface area contributed by atoms with Crippen molar-refractivity contribution in [2.75, 3.05) is 5.32 Å². The van der Waals surface area contributed by atoms with Crippen molar-refractivity contribution in [3.63, 3.8) is 0 Å². The van der Waals surface area contributed by atoms with Crippen LogP contribution >= 0.6 is 0 Å². The number of carbonyl (C=O) groups is 1. The largest absolute Gasteiger partial charge is 0.622 e. The van der Waals surface area contributed by atoms with Gasteiger partial charge in [0, 0.05) is 48.0 Å². The molecule has 0 saturated carbocycles. The molecule has 1 atom stereocenters. The molecule has 0 fully saturated rings. The van der Waals surface area contributed by atoms with E-state index in [0.717, 1.165) is 58.4 Å². The summed E-state index contributed by atoms with van der Waals surface area (Å²) in [7, 11) is 0. The number of rotatable bonds is 7. The van der Waals surface area contributed by atoms with Crippen LogP contribution in [0.15, 0.2) is 97.1 Å². The molecule has 4 aromatic carbocycles. The molecule has 0 bridgehead atoms. The Bertz CT molecular complexity index is 1720. The van der Waals surface area contributed by atoms with Gasteiger partial charge in [-0.25, -0.2) is 4.98 Å². The average Bonchev–Trinajstić information content (AvgIpc) is 3.00. The zero-order chi connectivity index (χ0) is 29.2. The minimum atomic E-state index is -0.251. The van der Waals surface area contributed by atoms with Crippen LogP contribution < -0.4 is 5.32 Å². The maximum atomic E-state index is 13.9. The van der Waals surface area contributed by atoms with Gasteiger partial charge in [0.05, 0.1) is 23.2 Å². The van der Waals surface area contributed by atoms with Gasteiger partial charge in [-0.15, -0.1) is 5.69 Å². The Kier molecular flexibility index (Phi) is 12.5. The van der Waals surface area contributed by atoms with Crippen LogP contribution in [0.1, 0.15) is 91.0 Å². The maximum Gasteiger partial charge on any atom is 0.0875 e. The molecule has 0 unspecified atom stereocenters. The van der Waals surface area contributed by atoms with Crippen LogP contribution in [-0.2, 0) is 32.3 Å². The van der Waals surface area contributed by atoms with E-state index in [9.17, 15) is 4.79 Å². The molecular formula is C40H44HfN3O-3. The third-order valence-corrected chi connectivity index (χ3v) is 8.38. The van der Waals surface area contributed by atoms with E-state index < -0.39 is 0 Å². The van der Waals surface area contributed by atoms with Crippen molar-refractivity contribution >= 4 is 28.2 Å². The number of pyridine rings is 1. The van der Waals surface area contributed by atoms with Gasteiger partial charge in [0.1, 0.15) is 0 Å². The van der Waals surface area contributed by atoms with Crippen LogP contribution in [0.4, 0.5) is 11.4 Å². The molecule has 1 aliphatic carbocycles. The molecule has 1 aliphatic rings. The normalized spacial score (nSPS) is 13.7. The first-order chi connectivity index (χ1) is 20.4. The van der Waals surface area contributed by atoms with Gasteiger partial charge < -0.3 is 30.3 Å². The molecule has 6 rings (SSSR count). The smallest absolute Gasteiger partial charge is 0.0875 e. The molecule has 1 aromatic heterocycles. The summed E-state index contributed by atoms with van der Waals surface area (Å²) in [5.41, 5.74) is 10.00. The minimum absolute atomic E-state index is 0. The minimum Gasteiger partial charge on any atom is -0.622 e. The van der Waals surface area contributed by atoms with Gasteiger partial charge in [0.25, 0.3) is 0 Å². The molecule has 4 nitrogen and oxygen atoms in total. The maximum absolute atomic E-state index is 13.9. The Morgan fingerprint density at radius 3 is 2.16 bits per heavy atom. The van der Waals surface area contributed by atoms with Crippen molar-refractivity contribution in [2.24, 2.45) is 0 Å². The van der Waals surface area contributed by atoms with Crippen molar-refractivity contribution in [1.29, 1.82) is 0 Å². The Labute approximate surface area is 288 Å². The molecule has 0 aliphatic heterocycles. The topological polar surface area (TPSA) is 56.1 Å². The predicted molar refractivity (Wildman–Crippen MR) is 188 cm³/mol. The SMILES string of the molecule is CC(C)c1cccc(C(C)C)c1[N-]C(=O)c1cccc2ccc(-c3cccc4c3[C@@H](Nc3ccccc3)CCC4)nc12.[CH3-].[CH3-].[Hf]. The number of benzene rings is 4. The Balaban J connectivity index is 0.00000184. The molecule has 1 N–H and O–H groups in total. The van der Waals surface area contributed by atoms with Gasteiger partial charge >= 0.3 is 0 Å². The van der Waals surface area contributed by atoms with E-state index in [-0.39, 0.29) is 64.5 Å². The summed E-state index contributed by atoms with van der Waals surface area (Å²) < 4.78 is 0. The van der Waals surface area contributed by atoms with Crippen LogP contribution in [0.3, 0.4) is 0 Å². The second-order valence-electron chi connectivity index (χ2n) is 11.9. The van der Waals surface area contributed by atoms with Crippen LogP contribution in [0.2, 0.25) is 0 Å². The summed E-state index contributed by atoms with van der Waals surface area (Å²) in [6.07, 6.45) is 3.25. The number of aryl methyl sites for hydroxylation is 1. The number of anilines is 1. The molecule has 5 aromatic rings. The second kappa shape index (κ2) is 15.6. The summed E-state index contributed by atoms with van der Waals surface area (Å²) in [4.78, 5) is 19.1. The van der Waals surface area contributed by atoms with E-state index in [1.165, 1.54) is 11.1 Å². The zero-order valence-corrected chi connectivity index (χ0v) is 31.0. The van der Waals surface area contributed by atoms with Crippen molar-refractivity contribution < 1.29 is 30.6 Å². The molecule has 45 heavy (non-hydrogen) atoms. The number of nitrogens with zero attached hydrogens (tertiary/aromatic N) is 2.